The van der Waals surface area contributed by atoms with Crippen molar-refractivity contribution in [3.63, 3.8) is 0 Å². The number of nitrogens with one attached hydrogen (secondary N) is 1. The van der Waals surface area contributed by atoms with Crippen molar-refractivity contribution in [2.45, 2.75) is 13.8 Å². The van der Waals surface area contributed by atoms with Crippen LogP contribution in [0.25, 0.3) is 6.08 Å². The monoisotopic (exact) mass is 322 g/mol. The summed E-state index contributed by atoms with van der Waals surface area (Å²) in [5.41, 5.74) is 3.09. The molecule has 0 aromatic heterocycles. The van der Waals surface area contributed by atoms with E-state index in [9.17, 15) is 15.2 Å². The quantitative estimate of drug-likeness (QED) is 0.666. The van der Waals surface area contributed by atoms with E-state index in [1.807, 2.05) is 38.1 Å². The van der Waals surface area contributed by atoms with Crippen molar-refractivity contribution in [3.05, 3.63) is 58.7 Å². The SMILES string of the molecule is COc1cc(/C=C(/C#N)C(=O)Nc2c(C)cccc2C)ccc1O. The fraction of sp³-hybridized carbons (Fsp3) is 0.158. The predicted octanol–water partition coefficient (Wildman–Crippen LogP) is 3.56. The highest BCUT2D eigenvalue weighted by atomic mass is 16.5. The largest absolute Gasteiger partial charge is 0.504 e. The van der Waals surface area contributed by atoms with Crippen LogP contribution in [0.2, 0.25) is 0 Å². The lowest BCUT2D eigenvalue weighted by atomic mass is 10.1. The molecule has 0 fully saturated rings. The highest BCUT2D eigenvalue weighted by Crippen LogP contribution is 2.27. The zero-order valence-corrected chi connectivity index (χ0v) is 13.8. The van der Waals surface area contributed by atoms with E-state index in [1.165, 1.54) is 19.3 Å². The number of aryl methyl sites for hydroxylation is 2. The topological polar surface area (TPSA) is 82.3 Å². The molecule has 2 aromatic rings. The smallest absolute Gasteiger partial charge is 0.266 e. The highest BCUT2D eigenvalue weighted by Gasteiger charge is 2.13. The number of ether oxygens (including phenoxy) is 1. The number of phenols is 1. The van der Waals surface area contributed by atoms with Crippen LogP contribution in [0.4, 0.5) is 5.69 Å². The minimum atomic E-state index is -0.484. The highest BCUT2D eigenvalue weighted by molar-refractivity contribution is 6.10. The van der Waals surface area contributed by atoms with E-state index < -0.39 is 5.91 Å². The van der Waals surface area contributed by atoms with Gasteiger partial charge in [0.25, 0.3) is 5.91 Å². The Morgan fingerprint density at radius 2 is 1.92 bits per heavy atom. The number of carbonyl (C=O) groups excluding carboxylic acids is 1. The number of amides is 1. The standard InChI is InChI=1S/C19H18N2O3/c1-12-5-4-6-13(2)18(12)21-19(23)15(11-20)9-14-7-8-16(22)17(10-14)24-3/h4-10,22H,1-3H3,(H,21,23)/b15-9-. The van der Waals surface area contributed by atoms with Crippen LogP contribution in [0.15, 0.2) is 42.0 Å². The molecule has 0 aliphatic heterocycles. The summed E-state index contributed by atoms with van der Waals surface area (Å²) in [7, 11) is 1.43. The maximum atomic E-state index is 12.4. The number of aromatic hydroxyl groups is 1. The number of para-hydroxylation sites is 1. The van der Waals surface area contributed by atoms with E-state index in [0.717, 1.165) is 11.1 Å². The molecule has 2 N–H and O–H groups in total. The Labute approximate surface area is 140 Å². The van der Waals surface area contributed by atoms with Crippen LogP contribution >= 0.6 is 0 Å². The van der Waals surface area contributed by atoms with E-state index in [2.05, 4.69) is 5.32 Å². The van der Waals surface area contributed by atoms with Gasteiger partial charge in [0.15, 0.2) is 11.5 Å². The molecular weight excluding hydrogens is 304 g/mol. The number of rotatable bonds is 4. The molecule has 5 nitrogen and oxygen atoms in total. The summed E-state index contributed by atoms with van der Waals surface area (Å²) in [4.78, 5) is 12.4. The molecule has 0 saturated carbocycles. The first-order chi connectivity index (χ1) is 11.5. The lowest BCUT2D eigenvalue weighted by molar-refractivity contribution is -0.112. The zero-order valence-electron chi connectivity index (χ0n) is 13.8. The Kier molecular flexibility index (Phi) is 5.23. The molecule has 1 amide bonds. The van der Waals surface area contributed by atoms with Gasteiger partial charge in [-0.1, -0.05) is 24.3 Å². The van der Waals surface area contributed by atoms with Crippen LogP contribution < -0.4 is 10.1 Å². The minimum Gasteiger partial charge on any atom is -0.504 e. The second-order valence-electron chi connectivity index (χ2n) is 5.32. The molecule has 24 heavy (non-hydrogen) atoms. The molecule has 5 heteroatoms. The number of nitrogens with zero attached hydrogens (tertiary/aromatic N) is 1. The third-order valence-corrected chi connectivity index (χ3v) is 3.60. The van der Waals surface area contributed by atoms with Gasteiger partial charge in [-0.05, 0) is 48.7 Å². The molecule has 0 unspecified atom stereocenters. The Morgan fingerprint density at radius 3 is 2.50 bits per heavy atom. The van der Waals surface area contributed by atoms with Gasteiger partial charge in [0, 0.05) is 5.69 Å². The third-order valence-electron chi connectivity index (χ3n) is 3.60. The van der Waals surface area contributed by atoms with Gasteiger partial charge >= 0.3 is 0 Å². The van der Waals surface area contributed by atoms with Crippen molar-refractivity contribution >= 4 is 17.7 Å². The first-order valence-corrected chi connectivity index (χ1v) is 7.32. The first-order valence-electron chi connectivity index (χ1n) is 7.32. The normalized spacial score (nSPS) is 10.8. The summed E-state index contributed by atoms with van der Waals surface area (Å²) >= 11 is 0. The first kappa shape index (κ1) is 17.1. The Morgan fingerprint density at radius 1 is 1.25 bits per heavy atom. The molecular formula is C19H18N2O3. The zero-order chi connectivity index (χ0) is 17.7. The lowest BCUT2D eigenvalue weighted by Crippen LogP contribution is -2.15. The average molecular weight is 322 g/mol. The van der Waals surface area contributed by atoms with Gasteiger partial charge in [-0.15, -0.1) is 0 Å². The molecule has 0 atom stereocenters. The van der Waals surface area contributed by atoms with E-state index in [1.54, 1.807) is 12.1 Å². The van der Waals surface area contributed by atoms with Crippen molar-refractivity contribution in [1.29, 1.82) is 5.26 Å². The number of carbonyl (C=O) groups is 1. The minimum absolute atomic E-state index is 0.00635. The molecule has 0 aliphatic carbocycles. The van der Waals surface area contributed by atoms with Crippen molar-refractivity contribution < 1.29 is 14.6 Å². The van der Waals surface area contributed by atoms with Crippen molar-refractivity contribution in [2.75, 3.05) is 12.4 Å². The number of nitriles is 1. The number of hydrogen-bond acceptors (Lipinski definition) is 4. The van der Waals surface area contributed by atoms with Crippen LogP contribution in [-0.2, 0) is 4.79 Å². The van der Waals surface area contributed by atoms with E-state index in [4.69, 9.17) is 4.74 Å². The molecule has 2 rings (SSSR count). The number of hydrogen-bond donors (Lipinski definition) is 2. The second kappa shape index (κ2) is 7.34. The molecule has 0 bridgehead atoms. The van der Waals surface area contributed by atoms with Gasteiger partial charge < -0.3 is 15.2 Å². The Bertz CT molecular complexity index is 828. The van der Waals surface area contributed by atoms with Crippen LogP contribution in [0.5, 0.6) is 11.5 Å². The van der Waals surface area contributed by atoms with Gasteiger partial charge in [0.1, 0.15) is 11.6 Å². The van der Waals surface area contributed by atoms with Gasteiger partial charge in [-0.3, -0.25) is 4.79 Å². The van der Waals surface area contributed by atoms with E-state index in [-0.39, 0.29) is 17.1 Å². The summed E-state index contributed by atoms with van der Waals surface area (Å²) in [5.74, 6) is -0.216. The number of anilines is 1. The molecule has 0 heterocycles. The summed E-state index contributed by atoms with van der Waals surface area (Å²) in [6, 6.07) is 12.2. The molecule has 0 spiro atoms. The van der Waals surface area contributed by atoms with Gasteiger partial charge in [0.2, 0.25) is 0 Å². The van der Waals surface area contributed by atoms with Crippen molar-refractivity contribution in [2.24, 2.45) is 0 Å². The molecule has 122 valence electrons. The number of methoxy groups -OCH3 is 1. The van der Waals surface area contributed by atoms with E-state index in [0.29, 0.717) is 11.3 Å². The molecule has 0 aliphatic rings. The van der Waals surface area contributed by atoms with Gasteiger partial charge in [-0.2, -0.15) is 5.26 Å². The maximum Gasteiger partial charge on any atom is 0.266 e. The van der Waals surface area contributed by atoms with E-state index >= 15 is 0 Å². The van der Waals surface area contributed by atoms with Gasteiger partial charge in [-0.25, -0.2) is 0 Å². The van der Waals surface area contributed by atoms with Crippen LogP contribution in [0.1, 0.15) is 16.7 Å². The summed E-state index contributed by atoms with van der Waals surface area (Å²) in [6.07, 6.45) is 1.45. The number of phenolic OH excluding ortho intramolecular Hbond substituents is 1. The van der Waals surface area contributed by atoms with Gasteiger partial charge in [0.05, 0.1) is 7.11 Å². The predicted molar refractivity (Wildman–Crippen MR) is 92.8 cm³/mol. The van der Waals surface area contributed by atoms with Crippen molar-refractivity contribution in [1.82, 2.24) is 0 Å². The number of benzene rings is 2. The maximum absolute atomic E-state index is 12.4. The van der Waals surface area contributed by atoms with Crippen LogP contribution in [-0.4, -0.2) is 18.1 Å². The van der Waals surface area contributed by atoms with Crippen molar-refractivity contribution in [3.8, 4) is 17.6 Å². The third kappa shape index (κ3) is 3.73. The molecule has 0 radical (unpaired) electrons. The molecule has 2 aromatic carbocycles. The summed E-state index contributed by atoms with van der Waals surface area (Å²) in [5, 5.41) is 21.7. The molecule has 0 saturated heterocycles. The summed E-state index contributed by atoms with van der Waals surface area (Å²) < 4.78 is 5.03. The fourth-order valence-electron chi connectivity index (χ4n) is 2.29. The second-order valence-corrected chi connectivity index (χ2v) is 5.32. The fourth-order valence-corrected chi connectivity index (χ4v) is 2.29. The lowest BCUT2D eigenvalue weighted by Gasteiger charge is -2.11. The Hall–Kier alpha value is -3.26. The van der Waals surface area contributed by atoms with Crippen LogP contribution in [0.3, 0.4) is 0 Å². The Balaban J connectivity index is 2.31. The average Bonchev–Trinajstić information content (AvgIpc) is 2.57. The van der Waals surface area contributed by atoms with Crippen LogP contribution in [0, 0.1) is 25.2 Å². The summed E-state index contributed by atoms with van der Waals surface area (Å²) in [6.45, 7) is 3.78.